The van der Waals surface area contributed by atoms with Crippen molar-refractivity contribution in [1.82, 2.24) is 15.1 Å². The molecule has 1 aliphatic carbocycles. The molecule has 2 aliphatic rings. The summed E-state index contributed by atoms with van der Waals surface area (Å²) in [6.45, 7) is 2.83. The molecule has 2 amide bonds. The van der Waals surface area contributed by atoms with Crippen molar-refractivity contribution in [1.29, 1.82) is 0 Å². The summed E-state index contributed by atoms with van der Waals surface area (Å²) in [6.07, 6.45) is 1.23. The van der Waals surface area contributed by atoms with Crippen LogP contribution >= 0.6 is 0 Å². The highest BCUT2D eigenvalue weighted by Gasteiger charge is 2.39. The maximum Gasteiger partial charge on any atom is 0.407 e. The van der Waals surface area contributed by atoms with Gasteiger partial charge in [0.1, 0.15) is 6.61 Å². The second kappa shape index (κ2) is 13.2. The molecule has 2 N–H and O–H groups in total. The number of alkyl carbamates (subject to hydrolysis) is 1. The number of aliphatic carboxylic acids is 1. The zero-order valence-corrected chi connectivity index (χ0v) is 24.1. The lowest BCUT2D eigenvalue weighted by molar-refractivity contribution is -0.138. The molecule has 0 radical (unpaired) electrons. The summed E-state index contributed by atoms with van der Waals surface area (Å²) in [5.74, 6) is -1.04. The Bertz CT molecular complexity index is 1360. The standard InChI is InChI=1S/C34H39N3O5/c1-36(19-9-16-32(39)40)31(38)22-34(17-20-37(21-18-34)23-25-10-3-2-4-11-25)35-33(41)42-24-30-28-14-7-5-12-26(28)27-13-6-8-15-29(27)30/h2-8,10-15,30H,9,16-24H2,1H3,(H,35,41)(H,39,40). The molecule has 220 valence electrons. The van der Waals surface area contributed by atoms with Crippen LogP contribution in [0.25, 0.3) is 11.1 Å². The van der Waals surface area contributed by atoms with Crippen molar-refractivity contribution < 1.29 is 24.2 Å². The van der Waals surface area contributed by atoms with Gasteiger partial charge in [-0.05, 0) is 47.1 Å². The van der Waals surface area contributed by atoms with Gasteiger partial charge in [-0.1, -0.05) is 78.9 Å². The Labute approximate surface area is 247 Å². The monoisotopic (exact) mass is 569 g/mol. The third kappa shape index (κ3) is 6.99. The fourth-order valence-electron chi connectivity index (χ4n) is 6.19. The molecule has 1 fully saturated rings. The zero-order valence-electron chi connectivity index (χ0n) is 24.1. The minimum absolute atomic E-state index is 0.00914. The summed E-state index contributed by atoms with van der Waals surface area (Å²) in [7, 11) is 1.69. The van der Waals surface area contributed by atoms with Crippen molar-refractivity contribution in [2.45, 2.75) is 50.1 Å². The van der Waals surface area contributed by atoms with Crippen molar-refractivity contribution in [2.24, 2.45) is 0 Å². The second-order valence-electron chi connectivity index (χ2n) is 11.5. The van der Waals surface area contributed by atoms with Gasteiger partial charge in [-0.2, -0.15) is 0 Å². The van der Waals surface area contributed by atoms with E-state index in [0.717, 1.165) is 30.8 Å². The molecule has 0 aromatic heterocycles. The number of nitrogens with zero attached hydrogens (tertiary/aromatic N) is 2. The lowest BCUT2D eigenvalue weighted by atomic mass is 9.83. The predicted octanol–water partition coefficient (Wildman–Crippen LogP) is 5.27. The van der Waals surface area contributed by atoms with Gasteiger partial charge in [0.25, 0.3) is 0 Å². The maximum absolute atomic E-state index is 13.3. The van der Waals surface area contributed by atoms with Gasteiger partial charge in [0.15, 0.2) is 0 Å². The van der Waals surface area contributed by atoms with Crippen LogP contribution in [0.3, 0.4) is 0 Å². The fraction of sp³-hybridized carbons (Fsp3) is 0.382. The van der Waals surface area contributed by atoms with E-state index in [1.807, 2.05) is 42.5 Å². The number of rotatable bonds is 11. The van der Waals surface area contributed by atoms with Crippen LogP contribution in [-0.2, 0) is 20.9 Å². The Hall–Kier alpha value is -4.17. The van der Waals surface area contributed by atoms with Gasteiger partial charge in [-0.3, -0.25) is 14.5 Å². The van der Waals surface area contributed by atoms with E-state index in [1.165, 1.54) is 16.7 Å². The molecule has 0 saturated carbocycles. The minimum Gasteiger partial charge on any atom is -0.481 e. The van der Waals surface area contributed by atoms with E-state index in [9.17, 15) is 14.4 Å². The van der Waals surface area contributed by atoms with Gasteiger partial charge in [0.05, 0.1) is 12.0 Å². The van der Waals surface area contributed by atoms with Gasteiger partial charge in [-0.25, -0.2) is 4.79 Å². The molecule has 3 aromatic rings. The molecule has 5 rings (SSSR count). The number of amides is 2. The van der Waals surface area contributed by atoms with Crippen LogP contribution < -0.4 is 5.32 Å². The Balaban J connectivity index is 1.25. The fourth-order valence-corrected chi connectivity index (χ4v) is 6.19. The SMILES string of the molecule is CN(CCCC(=O)O)C(=O)CC1(NC(=O)OCC2c3ccccc3-c3ccccc32)CCN(Cc2ccccc2)CC1. The quantitative estimate of drug-likeness (QED) is 0.326. The number of hydrogen-bond acceptors (Lipinski definition) is 5. The Morgan fingerprint density at radius 1 is 0.929 bits per heavy atom. The highest BCUT2D eigenvalue weighted by Crippen LogP contribution is 2.44. The highest BCUT2D eigenvalue weighted by atomic mass is 16.5. The van der Waals surface area contributed by atoms with Crippen LogP contribution in [0.4, 0.5) is 4.79 Å². The number of nitrogens with one attached hydrogen (secondary N) is 1. The first-order valence-electron chi connectivity index (χ1n) is 14.7. The third-order valence-corrected chi connectivity index (χ3v) is 8.57. The topological polar surface area (TPSA) is 99.2 Å². The van der Waals surface area contributed by atoms with Crippen molar-refractivity contribution in [2.75, 3.05) is 33.3 Å². The lowest BCUT2D eigenvalue weighted by Crippen LogP contribution is -2.57. The van der Waals surface area contributed by atoms with Crippen molar-refractivity contribution in [3.63, 3.8) is 0 Å². The molecule has 0 bridgehead atoms. The molecular weight excluding hydrogens is 530 g/mol. The van der Waals surface area contributed by atoms with E-state index >= 15 is 0 Å². The minimum atomic E-state index is -0.880. The molecule has 42 heavy (non-hydrogen) atoms. The summed E-state index contributed by atoms with van der Waals surface area (Å²) in [6, 6.07) is 26.7. The van der Waals surface area contributed by atoms with E-state index in [-0.39, 0.29) is 31.3 Å². The third-order valence-electron chi connectivity index (χ3n) is 8.57. The number of carboxylic acids is 1. The number of hydrogen-bond donors (Lipinski definition) is 2. The molecule has 3 aromatic carbocycles. The van der Waals surface area contributed by atoms with Crippen molar-refractivity contribution >= 4 is 18.0 Å². The summed E-state index contributed by atoms with van der Waals surface area (Å²) >= 11 is 0. The number of carbonyl (C=O) groups excluding carboxylic acids is 2. The molecule has 1 heterocycles. The molecule has 8 nitrogen and oxygen atoms in total. The average Bonchev–Trinajstić information content (AvgIpc) is 3.31. The molecule has 0 spiro atoms. The number of fused-ring (bicyclic) bond motifs is 3. The van der Waals surface area contributed by atoms with E-state index in [0.29, 0.717) is 25.8 Å². The van der Waals surface area contributed by atoms with Crippen LogP contribution in [0.1, 0.15) is 54.7 Å². The first-order chi connectivity index (χ1) is 20.3. The lowest BCUT2D eigenvalue weighted by Gasteiger charge is -2.42. The van der Waals surface area contributed by atoms with Gasteiger partial charge in [0.2, 0.25) is 5.91 Å². The number of carbonyl (C=O) groups is 3. The number of piperidine rings is 1. The Morgan fingerprint density at radius 3 is 2.14 bits per heavy atom. The van der Waals surface area contributed by atoms with Crippen LogP contribution in [0.15, 0.2) is 78.9 Å². The van der Waals surface area contributed by atoms with Crippen molar-refractivity contribution in [3.8, 4) is 11.1 Å². The van der Waals surface area contributed by atoms with E-state index in [1.54, 1.807) is 11.9 Å². The molecule has 0 unspecified atom stereocenters. The molecule has 0 atom stereocenters. The summed E-state index contributed by atoms with van der Waals surface area (Å²) in [5, 5.41) is 12.1. The molecule has 1 saturated heterocycles. The van der Waals surface area contributed by atoms with Crippen LogP contribution in [0.5, 0.6) is 0 Å². The largest absolute Gasteiger partial charge is 0.481 e. The summed E-state index contributed by atoms with van der Waals surface area (Å²) in [5.41, 5.74) is 5.11. The second-order valence-corrected chi connectivity index (χ2v) is 11.5. The van der Waals surface area contributed by atoms with Crippen LogP contribution in [0.2, 0.25) is 0 Å². The van der Waals surface area contributed by atoms with E-state index < -0.39 is 17.6 Å². The number of carboxylic acid groups (broad SMARTS) is 1. The Morgan fingerprint density at radius 2 is 1.52 bits per heavy atom. The summed E-state index contributed by atoms with van der Waals surface area (Å²) < 4.78 is 5.87. The first-order valence-corrected chi connectivity index (χ1v) is 14.7. The van der Waals surface area contributed by atoms with Crippen LogP contribution in [-0.4, -0.2) is 71.7 Å². The van der Waals surface area contributed by atoms with Gasteiger partial charge >= 0.3 is 12.1 Å². The molecule has 8 heteroatoms. The number of ether oxygens (including phenoxy) is 1. The average molecular weight is 570 g/mol. The number of likely N-dealkylation sites (tertiary alicyclic amines) is 1. The zero-order chi connectivity index (χ0) is 29.5. The highest BCUT2D eigenvalue weighted by molar-refractivity contribution is 5.80. The number of benzene rings is 3. The van der Waals surface area contributed by atoms with Gasteiger partial charge < -0.3 is 20.1 Å². The van der Waals surface area contributed by atoms with E-state index in [2.05, 4.69) is 46.6 Å². The normalized spacial score (nSPS) is 15.8. The van der Waals surface area contributed by atoms with Gasteiger partial charge in [0, 0.05) is 45.6 Å². The predicted molar refractivity (Wildman–Crippen MR) is 161 cm³/mol. The molecular formula is C34H39N3O5. The maximum atomic E-state index is 13.3. The first kappa shape index (κ1) is 29.3. The molecule has 1 aliphatic heterocycles. The van der Waals surface area contributed by atoms with Gasteiger partial charge in [-0.15, -0.1) is 0 Å². The van der Waals surface area contributed by atoms with Crippen LogP contribution in [0, 0.1) is 0 Å². The summed E-state index contributed by atoms with van der Waals surface area (Å²) in [4.78, 5) is 41.4. The smallest absolute Gasteiger partial charge is 0.407 e. The van der Waals surface area contributed by atoms with E-state index in [4.69, 9.17) is 9.84 Å². The Kier molecular flexibility index (Phi) is 9.22. The van der Waals surface area contributed by atoms with Crippen molar-refractivity contribution in [3.05, 3.63) is 95.6 Å².